The Hall–Kier alpha value is -2.14. The first-order chi connectivity index (χ1) is 11.3. The maximum atomic E-state index is 12.1. The van der Waals surface area contributed by atoms with Gasteiger partial charge in [0.2, 0.25) is 5.91 Å². The molecule has 3 rings (SSSR count). The van der Waals surface area contributed by atoms with Crippen LogP contribution in [0.3, 0.4) is 0 Å². The van der Waals surface area contributed by atoms with Gasteiger partial charge < -0.3 is 14.6 Å². The van der Waals surface area contributed by atoms with Crippen molar-refractivity contribution in [1.82, 2.24) is 14.9 Å². The number of rotatable bonds is 7. The highest BCUT2D eigenvalue weighted by atomic mass is 16.5. The van der Waals surface area contributed by atoms with Crippen LogP contribution in [0.25, 0.3) is 0 Å². The normalized spacial score (nSPS) is 20.5. The van der Waals surface area contributed by atoms with Gasteiger partial charge in [0.15, 0.2) is 0 Å². The molecule has 1 amide bonds. The summed E-state index contributed by atoms with van der Waals surface area (Å²) in [5, 5.41) is 3.10. The first-order valence-electron chi connectivity index (χ1n) is 8.21. The van der Waals surface area contributed by atoms with E-state index in [1.54, 1.807) is 6.20 Å². The summed E-state index contributed by atoms with van der Waals surface area (Å²) in [4.78, 5) is 16.2. The van der Waals surface area contributed by atoms with Gasteiger partial charge in [-0.3, -0.25) is 4.79 Å². The summed E-state index contributed by atoms with van der Waals surface area (Å²) < 4.78 is 7.60. The molecule has 23 heavy (non-hydrogen) atoms. The van der Waals surface area contributed by atoms with E-state index in [2.05, 4.69) is 27.0 Å². The van der Waals surface area contributed by atoms with Crippen molar-refractivity contribution in [1.29, 1.82) is 0 Å². The number of hydrogen-bond donors (Lipinski definition) is 1. The fourth-order valence-electron chi connectivity index (χ4n) is 3.18. The molecular weight excluding hydrogens is 290 g/mol. The van der Waals surface area contributed by atoms with Crippen molar-refractivity contribution in [3.63, 3.8) is 0 Å². The number of benzene rings is 1. The molecule has 1 aliphatic carbocycles. The zero-order chi connectivity index (χ0) is 15.9. The van der Waals surface area contributed by atoms with Crippen LogP contribution in [0.1, 0.15) is 30.9 Å². The monoisotopic (exact) mass is 313 g/mol. The number of hydrogen-bond acceptors (Lipinski definition) is 3. The van der Waals surface area contributed by atoms with Crippen LogP contribution in [-0.4, -0.2) is 34.7 Å². The summed E-state index contributed by atoms with van der Waals surface area (Å²) in [7, 11) is 0. The number of aromatic nitrogens is 2. The van der Waals surface area contributed by atoms with Crippen molar-refractivity contribution in [2.45, 2.75) is 37.8 Å². The van der Waals surface area contributed by atoms with Gasteiger partial charge >= 0.3 is 0 Å². The Kier molecular flexibility index (Phi) is 5.42. The second-order valence-corrected chi connectivity index (χ2v) is 5.97. The number of nitrogens with one attached hydrogen (secondary N) is 1. The smallest absolute Gasteiger partial charge is 0.246 e. The van der Waals surface area contributed by atoms with Gasteiger partial charge in [0.1, 0.15) is 6.61 Å². The molecule has 5 heteroatoms. The summed E-state index contributed by atoms with van der Waals surface area (Å²) in [6, 6.07) is 10.6. The standard InChI is InChI=1S/C18H23N3O2/c22-18(13-23-12-9-15-5-2-1-3-6-15)20-16-7-4-8-17(16)21-11-10-19-14-21/h1-3,5-6,10-11,14,16-17H,4,7-9,12-13H2,(H,20,22)/t16-,17-/m0/s1. The average Bonchev–Trinajstić information content (AvgIpc) is 3.23. The molecule has 1 fully saturated rings. The fourth-order valence-corrected chi connectivity index (χ4v) is 3.18. The van der Waals surface area contributed by atoms with Gasteiger partial charge in [0.05, 0.1) is 19.0 Å². The summed E-state index contributed by atoms with van der Waals surface area (Å²) in [5.74, 6) is -0.0323. The van der Waals surface area contributed by atoms with Gasteiger partial charge in [0, 0.05) is 18.4 Å². The van der Waals surface area contributed by atoms with Crippen molar-refractivity contribution in [2.75, 3.05) is 13.2 Å². The van der Waals surface area contributed by atoms with Crippen molar-refractivity contribution in [2.24, 2.45) is 0 Å². The van der Waals surface area contributed by atoms with Crippen molar-refractivity contribution in [3.05, 3.63) is 54.6 Å². The second-order valence-electron chi connectivity index (χ2n) is 5.97. The lowest BCUT2D eigenvalue weighted by molar-refractivity contribution is -0.126. The predicted molar refractivity (Wildman–Crippen MR) is 88.0 cm³/mol. The van der Waals surface area contributed by atoms with Gasteiger partial charge in [-0.15, -0.1) is 0 Å². The number of ether oxygens (including phenoxy) is 1. The molecule has 122 valence electrons. The Morgan fingerprint density at radius 2 is 2.17 bits per heavy atom. The lowest BCUT2D eigenvalue weighted by Crippen LogP contribution is -2.40. The van der Waals surface area contributed by atoms with E-state index in [-0.39, 0.29) is 18.6 Å². The Labute approximate surface area is 136 Å². The third kappa shape index (κ3) is 4.42. The SMILES string of the molecule is O=C(COCCc1ccccc1)N[C@H]1CCC[C@@H]1n1ccnc1. The van der Waals surface area contributed by atoms with Crippen LogP contribution in [0.4, 0.5) is 0 Å². The number of carbonyl (C=O) groups is 1. The van der Waals surface area contributed by atoms with E-state index in [4.69, 9.17) is 4.74 Å². The Morgan fingerprint density at radius 1 is 1.30 bits per heavy atom. The van der Waals surface area contributed by atoms with Crippen LogP contribution in [-0.2, 0) is 16.0 Å². The zero-order valence-corrected chi connectivity index (χ0v) is 13.2. The van der Waals surface area contributed by atoms with E-state index in [1.807, 2.05) is 30.7 Å². The van der Waals surface area contributed by atoms with E-state index in [9.17, 15) is 4.79 Å². The summed E-state index contributed by atoms with van der Waals surface area (Å²) in [6.45, 7) is 0.688. The third-order valence-electron chi connectivity index (χ3n) is 4.34. The molecule has 0 radical (unpaired) electrons. The van der Waals surface area contributed by atoms with Crippen LogP contribution >= 0.6 is 0 Å². The Balaban J connectivity index is 1.39. The first kappa shape index (κ1) is 15.7. The second kappa shape index (κ2) is 7.92. The van der Waals surface area contributed by atoms with Crippen LogP contribution in [0.5, 0.6) is 0 Å². The topological polar surface area (TPSA) is 56.1 Å². The highest BCUT2D eigenvalue weighted by Gasteiger charge is 2.29. The minimum Gasteiger partial charge on any atom is -0.371 e. The number of nitrogens with zero attached hydrogens (tertiary/aromatic N) is 2. The molecule has 2 atom stereocenters. The molecule has 1 aromatic carbocycles. The molecule has 1 N–H and O–H groups in total. The van der Waals surface area contributed by atoms with Crippen LogP contribution in [0, 0.1) is 0 Å². The third-order valence-corrected chi connectivity index (χ3v) is 4.34. The van der Waals surface area contributed by atoms with Gasteiger partial charge in [-0.05, 0) is 31.2 Å². The Morgan fingerprint density at radius 3 is 2.96 bits per heavy atom. The first-order valence-corrected chi connectivity index (χ1v) is 8.21. The summed E-state index contributed by atoms with van der Waals surface area (Å²) in [6.07, 6.45) is 9.62. The maximum absolute atomic E-state index is 12.1. The van der Waals surface area contributed by atoms with Crippen molar-refractivity contribution >= 4 is 5.91 Å². The molecule has 0 aliphatic heterocycles. The summed E-state index contributed by atoms with van der Waals surface area (Å²) in [5.41, 5.74) is 1.23. The van der Waals surface area contributed by atoms with E-state index in [0.717, 1.165) is 25.7 Å². The predicted octanol–water partition coefficient (Wildman–Crippen LogP) is 2.35. The molecule has 1 heterocycles. The van der Waals surface area contributed by atoms with Crippen molar-refractivity contribution in [3.8, 4) is 0 Å². The van der Waals surface area contributed by atoms with Crippen LogP contribution < -0.4 is 5.32 Å². The molecular formula is C18H23N3O2. The summed E-state index contributed by atoms with van der Waals surface area (Å²) >= 11 is 0. The molecule has 2 aromatic rings. The average molecular weight is 313 g/mol. The van der Waals surface area contributed by atoms with E-state index < -0.39 is 0 Å². The van der Waals surface area contributed by atoms with Crippen molar-refractivity contribution < 1.29 is 9.53 Å². The molecule has 0 saturated heterocycles. The van der Waals surface area contributed by atoms with E-state index in [1.165, 1.54) is 5.56 Å². The molecule has 1 aromatic heterocycles. The molecule has 0 spiro atoms. The molecule has 0 unspecified atom stereocenters. The van der Waals surface area contributed by atoms with Crippen LogP contribution in [0.15, 0.2) is 49.1 Å². The highest BCUT2D eigenvalue weighted by Crippen LogP contribution is 2.29. The van der Waals surface area contributed by atoms with Crippen LogP contribution in [0.2, 0.25) is 0 Å². The lowest BCUT2D eigenvalue weighted by atomic mass is 10.1. The van der Waals surface area contributed by atoms with E-state index in [0.29, 0.717) is 12.6 Å². The maximum Gasteiger partial charge on any atom is 0.246 e. The van der Waals surface area contributed by atoms with Gasteiger partial charge in [0.25, 0.3) is 0 Å². The number of imidazole rings is 1. The Bertz CT molecular complexity index is 598. The molecule has 0 bridgehead atoms. The number of carbonyl (C=O) groups excluding carboxylic acids is 1. The van der Waals surface area contributed by atoms with Gasteiger partial charge in [-0.25, -0.2) is 4.98 Å². The number of amides is 1. The molecule has 1 aliphatic rings. The highest BCUT2D eigenvalue weighted by molar-refractivity contribution is 5.77. The fraction of sp³-hybridized carbons (Fsp3) is 0.444. The molecule has 1 saturated carbocycles. The van der Waals surface area contributed by atoms with E-state index >= 15 is 0 Å². The van der Waals surface area contributed by atoms with Gasteiger partial charge in [-0.2, -0.15) is 0 Å². The minimum absolute atomic E-state index is 0.0323. The van der Waals surface area contributed by atoms with Gasteiger partial charge in [-0.1, -0.05) is 30.3 Å². The zero-order valence-electron chi connectivity index (χ0n) is 13.2. The molecule has 5 nitrogen and oxygen atoms in total. The quantitative estimate of drug-likeness (QED) is 0.798. The largest absolute Gasteiger partial charge is 0.371 e. The minimum atomic E-state index is -0.0323. The lowest BCUT2D eigenvalue weighted by Gasteiger charge is -2.22.